The van der Waals surface area contributed by atoms with Gasteiger partial charge in [0, 0.05) is 6.20 Å². The van der Waals surface area contributed by atoms with E-state index in [0.29, 0.717) is 5.75 Å². The highest BCUT2D eigenvalue weighted by molar-refractivity contribution is 6.35. The van der Waals surface area contributed by atoms with Crippen molar-refractivity contribution in [1.82, 2.24) is 9.88 Å². The molecule has 0 radical (unpaired) electrons. The van der Waals surface area contributed by atoms with Crippen molar-refractivity contribution in [2.24, 2.45) is 0 Å². The van der Waals surface area contributed by atoms with Crippen LogP contribution in [0.5, 0.6) is 11.5 Å². The number of nitrogens with zero attached hydrogens (tertiary/aromatic N) is 3. The molecule has 2 heterocycles. The third kappa shape index (κ3) is 4.54. The Morgan fingerprint density at radius 2 is 2.10 bits per heavy atom. The smallest absolute Gasteiger partial charge is 0.425 e. The predicted molar refractivity (Wildman–Crippen MR) is 96.9 cm³/mol. The Balaban J connectivity index is 1.78. The van der Waals surface area contributed by atoms with Crippen LogP contribution in [0.4, 0.5) is 13.2 Å². The quantitative estimate of drug-likeness (QED) is 0.727. The van der Waals surface area contributed by atoms with E-state index in [2.05, 4.69) is 4.98 Å². The van der Waals surface area contributed by atoms with E-state index in [1.807, 2.05) is 0 Å². The molecule has 1 aliphatic rings. The van der Waals surface area contributed by atoms with E-state index in [9.17, 15) is 18.0 Å². The van der Waals surface area contributed by atoms with E-state index >= 15 is 0 Å². The normalized spacial score (nSPS) is 15.2. The van der Waals surface area contributed by atoms with Crippen LogP contribution in [0.25, 0.3) is 0 Å². The van der Waals surface area contributed by atoms with Gasteiger partial charge in [-0.2, -0.15) is 18.4 Å². The molecular weight excluding hydrogens is 411 g/mol. The number of carbonyl (C=O) groups excluding carboxylic acids is 1. The minimum absolute atomic E-state index is 0.0364. The van der Waals surface area contributed by atoms with Crippen molar-refractivity contribution in [3.05, 3.63) is 52.8 Å². The highest BCUT2D eigenvalue weighted by Crippen LogP contribution is 2.35. The zero-order chi connectivity index (χ0) is 21.2. The number of hydrogen-bond donors (Lipinski definition) is 0. The van der Waals surface area contributed by atoms with Gasteiger partial charge in [0.25, 0.3) is 5.91 Å². The van der Waals surface area contributed by atoms with Crippen LogP contribution in [0, 0.1) is 11.3 Å². The number of pyridine rings is 1. The standard InChI is InChI=1S/C19H15ClF3N3O3/c1-11(19(21,22)23)28-15-5-4-12(7-24)17(20)16(15)18(27)26-9-14(10-26)29-13-3-2-6-25-8-13/h2-6,8,11,14H,9-10H2,1H3. The van der Waals surface area contributed by atoms with Crippen LogP contribution in [0.3, 0.4) is 0 Å². The predicted octanol–water partition coefficient (Wildman–Crippen LogP) is 3.84. The summed E-state index contributed by atoms with van der Waals surface area (Å²) < 4.78 is 49.2. The summed E-state index contributed by atoms with van der Waals surface area (Å²) >= 11 is 6.13. The van der Waals surface area contributed by atoms with Crippen molar-refractivity contribution in [1.29, 1.82) is 5.26 Å². The number of amides is 1. The first-order chi connectivity index (χ1) is 13.7. The molecule has 1 aliphatic heterocycles. The Morgan fingerprint density at radius 3 is 2.69 bits per heavy atom. The number of carbonyl (C=O) groups is 1. The van der Waals surface area contributed by atoms with Gasteiger partial charge in [0.05, 0.1) is 29.9 Å². The van der Waals surface area contributed by atoms with Crippen molar-refractivity contribution in [3.8, 4) is 17.6 Å². The van der Waals surface area contributed by atoms with E-state index in [1.165, 1.54) is 17.2 Å². The summed E-state index contributed by atoms with van der Waals surface area (Å²) in [7, 11) is 0. The number of ether oxygens (including phenoxy) is 2. The Labute approximate surface area is 169 Å². The molecule has 1 aromatic carbocycles. The molecule has 10 heteroatoms. The van der Waals surface area contributed by atoms with Gasteiger partial charge in [-0.1, -0.05) is 11.6 Å². The number of hydrogen-bond acceptors (Lipinski definition) is 5. The number of alkyl halides is 3. The monoisotopic (exact) mass is 425 g/mol. The molecule has 6 nitrogen and oxygen atoms in total. The summed E-state index contributed by atoms with van der Waals surface area (Å²) in [5.41, 5.74) is -0.313. The molecule has 29 heavy (non-hydrogen) atoms. The minimum atomic E-state index is -4.62. The molecule has 0 bridgehead atoms. The molecule has 1 amide bonds. The number of rotatable bonds is 5. The maximum absolute atomic E-state index is 12.9. The summed E-state index contributed by atoms with van der Waals surface area (Å²) in [4.78, 5) is 18.1. The zero-order valence-electron chi connectivity index (χ0n) is 15.1. The van der Waals surface area contributed by atoms with Gasteiger partial charge >= 0.3 is 6.18 Å². The molecule has 0 N–H and O–H groups in total. The fraction of sp³-hybridized carbons (Fsp3) is 0.316. The number of aromatic nitrogens is 1. The maximum Gasteiger partial charge on any atom is 0.425 e. The molecule has 0 saturated carbocycles. The van der Waals surface area contributed by atoms with Crippen LogP contribution in [-0.4, -0.2) is 47.3 Å². The van der Waals surface area contributed by atoms with E-state index in [0.717, 1.165) is 13.0 Å². The summed E-state index contributed by atoms with van der Waals surface area (Å²) in [6.45, 7) is 1.23. The van der Waals surface area contributed by atoms with Crippen molar-refractivity contribution in [2.75, 3.05) is 13.1 Å². The molecule has 2 aromatic rings. The van der Waals surface area contributed by atoms with E-state index in [4.69, 9.17) is 26.3 Å². The Bertz CT molecular complexity index is 941. The summed E-state index contributed by atoms with van der Waals surface area (Å²) in [6, 6.07) is 7.58. The topological polar surface area (TPSA) is 75.5 Å². The largest absolute Gasteiger partial charge is 0.485 e. The molecule has 0 aliphatic carbocycles. The molecule has 1 fully saturated rings. The highest BCUT2D eigenvalue weighted by Gasteiger charge is 2.40. The van der Waals surface area contributed by atoms with E-state index in [1.54, 1.807) is 24.4 Å². The fourth-order valence-electron chi connectivity index (χ4n) is 2.65. The SMILES string of the molecule is CC(Oc1ccc(C#N)c(Cl)c1C(=O)N1CC(Oc2cccnc2)C1)C(F)(F)F. The average Bonchev–Trinajstić information content (AvgIpc) is 2.64. The molecule has 1 unspecified atom stereocenters. The maximum atomic E-state index is 12.9. The zero-order valence-corrected chi connectivity index (χ0v) is 15.9. The highest BCUT2D eigenvalue weighted by atomic mass is 35.5. The first-order valence-electron chi connectivity index (χ1n) is 8.52. The molecule has 1 atom stereocenters. The van der Waals surface area contributed by atoms with Gasteiger partial charge < -0.3 is 14.4 Å². The number of nitriles is 1. The van der Waals surface area contributed by atoms with Crippen molar-refractivity contribution in [3.63, 3.8) is 0 Å². The van der Waals surface area contributed by atoms with Crippen LogP contribution >= 0.6 is 11.6 Å². The lowest BCUT2D eigenvalue weighted by Crippen LogP contribution is -2.56. The van der Waals surface area contributed by atoms with Gasteiger partial charge in [-0.3, -0.25) is 9.78 Å². The first kappa shape index (κ1) is 20.7. The summed E-state index contributed by atoms with van der Waals surface area (Å²) in [5, 5.41) is 8.89. The van der Waals surface area contributed by atoms with Crippen LogP contribution in [0.2, 0.25) is 5.02 Å². The number of halogens is 4. The van der Waals surface area contributed by atoms with Crippen LogP contribution in [-0.2, 0) is 0 Å². The molecule has 1 saturated heterocycles. The number of benzene rings is 1. The second kappa shape index (κ2) is 8.17. The minimum Gasteiger partial charge on any atom is -0.485 e. The average molecular weight is 426 g/mol. The molecule has 1 aromatic heterocycles. The van der Waals surface area contributed by atoms with Gasteiger partial charge in [-0.15, -0.1) is 0 Å². The van der Waals surface area contributed by atoms with E-state index < -0.39 is 18.2 Å². The van der Waals surface area contributed by atoms with Crippen LogP contribution < -0.4 is 9.47 Å². The van der Waals surface area contributed by atoms with Crippen molar-refractivity contribution < 1.29 is 27.4 Å². The lowest BCUT2D eigenvalue weighted by molar-refractivity contribution is -0.189. The molecule has 3 rings (SSSR count). The fourth-order valence-corrected chi connectivity index (χ4v) is 2.92. The summed E-state index contributed by atoms with van der Waals surface area (Å²) in [6.07, 6.45) is -3.95. The van der Waals surface area contributed by atoms with Gasteiger partial charge in [0.15, 0.2) is 6.10 Å². The lowest BCUT2D eigenvalue weighted by Gasteiger charge is -2.39. The Morgan fingerprint density at radius 1 is 1.38 bits per heavy atom. The third-order valence-corrected chi connectivity index (χ3v) is 4.67. The van der Waals surface area contributed by atoms with Gasteiger partial charge in [0.1, 0.15) is 29.2 Å². The Kier molecular flexibility index (Phi) is 5.84. The van der Waals surface area contributed by atoms with Crippen molar-refractivity contribution in [2.45, 2.75) is 25.3 Å². The molecule has 0 spiro atoms. The lowest BCUT2D eigenvalue weighted by atomic mass is 10.0. The van der Waals surface area contributed by atoms with Gasteiger partial charge in [-0.05, 0) is 31.2 Å². The van der Waals surface area contributed by atoms with Crippen LogP contribution in [0.15, 0.2) is 36.7 Å². The Hall–Kier alpha value is -2.99. The molecular formula is C19H15ClF3N3O3. The third-order valence-electron chi connectivity index (χ3n) is 4.28. The first-order valence-corrected chi connectivity index (χ1v) is 8.90. The molecule has 152 valence electrons. The second-order valence-corrected chi connectivity index (χ2v) is 6.73. The van der Waals surface area contributed by atoms with Gasteiger partial charge in [0.2, 0.25) is 0 Å². The van der Waals surface area contributed by atoms with E-state index in [-0.39, 0.29) is 41.1 Å². The van der Waals surface area contributed by atoms with Crippen LogP contribution in [0.1, 0.15) is 22.8 Å². The second-order valence-electron chi connectivity index (χ2n) is 6.35. The summed E-state index contributed by atoms with van der Waals surface area (Å²) in [5.74, 6) is -0.430. The number of likely N-dealkylation sites (tertiary alicyclic amines) is 1. The van der Waals surface area contributed by atoms with Crippen molar-refractivity contribution >= 4 is 17.5 Å². The van der Waals surface area contributed by atoms with Gasteiger partial charge in [-0.25, -0.2) is 0 Å².